The zero-order valence-electron chi connectivity index (χ0n) is 16.1. The Labute approximate surface area is 160 Å². The third kappa shape index (κ3) is 5.04. The van der Waals surface area contributed by atoms with Crippen molar-refractivity contribution in [2.45, 2.75) is 57.2 Å². The van der Waals surface area contributed by atoms with Gasteiger partial charge in [0.25, 0.3) is 0 Å². The Hall–Kier alpha value is -2.00. The molecule has 1 aromatic carbocycles. The van der Waals surface area contributed by atoms with Crippen molar-refractivity contribution in [2.24, 2.45) is 5.92 Å². The Balaban J connectivity index is 1.45. The van der Waals surface area contributed by atoms with Gasteiger partial charge in [0.05, 0.1) is 10.4 Å². The van der Waals surface area contributed by atoms with Crippen molar-refractivity contribution in [1.82, 2.24) is 24.9 Å². The maximum Gasteiger partial charge on any atom is 0.216 e. The topological polar surface area (TPSA) is 102 Å². The van der Waals surface area contributed by atoms with E-state index in [9.17, 15) is 8.42 Å². The number of nitrogens with zero attached hydrogens (tertiary/aromatic N) is 4. The van der Waals surface area contributed by atoms with Crippen LogP contribution < -0.4 is 10.0 Å². The van der Waals surface area contributed by atoms with Gasteiger partial charge < -0.3 is 5.32 Å². The van der Waals surface area contributed by atoms with Crippen LogP contribution in [0, 0.1) is 5.92 Å². The number of anilines is 1. The van der Waals surface area contributed by atoms with E-state index in [1.807, 2.05) is 24.3 Å². The molecule has 2 N–H and O–H groups in total. The van der Waals surface area contributed by atoms with Crippen molar-refractivity contribution in [3.8, 4) is 5.69 Å². The lowest BCUT2D eigenvalue weighted by atomic mass is 9.86. The first-order chi connectivity index (χ1) is 12.7. The average Bonchev–Trinajstić information content (AvgIpc) is 3.15. The van der Waals surface area contributed by atoms with Crippen LogP contribution in [0.15, 0.2) is 30.6 Å². The van der Waals surface area contributed by atoms with Gasteiger partial charge >= 0.3 is 0 Å². The minimum atomic E-state index is -3.28. The van der Waals surface area contributed by atoms with Gasteiger partial charge in [0.15, 0.2) is 6.33 Å². The maximum absolute atomic E-state index is 12.3. The molecule has 1 aliphatic carbocycles. The Morgan fingerprint density at radius 2 is 1.78 bits per heavy atom. The van der Waals surface area contributed by atoms with Gasteiger partial charge in [-0.25, -0.2) is 13.1 Å². The fourth-order valence-corrected chi connectivity index (χ4v) is 4.17. The first-order valence-electron chi connectivity index (χ1n) is 9.34. The number of benzene rings is 1. The summed E-state index contributed by atoms with van der Waals surface area (Å²) in [5.41, 5.74) is 1.92. The van der Waals surface area contributed by atoms with Crippen molar-refractivity contribution in [3.63, 3.8) is 0 Å². The van der Waals surface area contributed by atoms with E-state index in [1.165, 1.54) is 11.1 Å². The molecule has 0 bridgehead atoms. The maximum atomic E-state index is 12.3. The number of hydrogen-bond donors (Lipinski definition) is 2. The second-order valence-corrected chi connectivity index (χ2v) is 10.6. The number of rotatable bonds is 6. The van der Waals surface area contributed by atoms with Gasteiger partial charge in [0, 0.05) is 18.3 Å². The molecule has 1 aromatic heterocycles. The molecular weight excluding hydrogens is 364 g/mol. The molecule has 2 aromatic rings. The summed E-state index contributed by atoms with van der Waals surface area (Å²) in [4.78, 5) is 1.48. The lowest BCUT2D eigenvalue weighted by Gasteiger charge is -2.31. The molecule has 1 heterocycles. The fraction of sp³-hybridized carbons (Fsp3) is 0.611. The third-order valence-corrected chi connectivity index (χ3v) is 7.27. The molecule has 0 unspecified atom stereocenters. The van der Waals surface area contributed by atoms with E-state index in [0.29, 0.717) is 5.92 Å². The Kier molecular flexibility index (Phi) is 5.81. The minimum absolute atomic E-state index is 0.0555. The minimum Gasteiger partial charge on any atom is -0.385 e. The number of hydrogen-bond acceptors (Lipinski definition) is 6. The Morgan fingerprint density at radius 1 is 1.11 bits per heavy atom. The standard InChI is InChI=1S/C18H28N6O2S/c1-18(2,3)27(25,26)22-16-6-4-14(5-7-16)12-19-15-8-10-17(11-9-15)24-21-13-20-23-24/h8-11,13-14,16,19,22H,4-7,12H2,1-3H3/t14-,16-. The Morgan fingerprint density at radius 3 is 2.33 bits per heavy atom. The zero-order valence-corrected chi connectivity index (χ0v) is 16.9. The molecule has 0 radical (unpaired) electrons. The highest BCUT2D eigenvalue weighted by Gasteiger charge is 2.32. The predicted molar refractivity (Wildman–Crippen MR) is 105 cm³/mol. The molecule has 27 heavy (non-hydrogen) atoms. The molecule has 0 spiro atoms. The molecule has 0 amide bonds. The quantitative estimate of drug-likeness (QED) is 0.782. The number of nitrogens with one attached hydrogen (secondary N) is 2. The summed E-state index contributed by atoms with van der Waals surface area (Å²) < 4.78 is 26.7. The summed E-state index contributed by atoms with van der Waals surface area (Å²) in [5.74, 6) is 0.553. The molecule has 0 aliphatic heterocycles. The van der Waals surface area contributed by atoms with Gasteiger partial charge in [-0.2, -0.15) is 0 Å². The molecular formula is C18H28N6O2S. The number of sulfonamides is 1. The largest absolute Gasteiger partial charge is 0.385 e. The molecule has 3 rings (SSSR count). The van der Waals surface area contributed by atoms with Gasteiger partial charge in [-0.1, -0.05) is 0 Å². The molecule has 148 valence electrons. The highest BCUT2D eigenvalue weighted by molar-refractivity contribution is 7.90. The van der Waals surface area contributed by atoms with E-state index in [1.54, 1.807) is 20.8 Å². The normalized spacial score (nSPS) is 21.1. The van der Waals surface area contributed by atoms with Crippen LogP contribution in [-0.4, -0.2) is 46.0 Å². The van der Waals surface area contributed by atoms with Crippen molar-refractivity contribution >= 4 is 15.7 Å². The summed E-state index contributed by atoms with van der Waals surface area (Å²) >= 11 is 0. The smallest absolute Gasteiger partial charge is 0.216 e. The SMILES string of the molecule is CC(C)(C)S(=O)(=O)N[C@H]1CC[C@H](CNc2ccc(-n3ncnn3)cc2)CC1. The monoisotopic (exact) mass is 392 g/mol. The van der Waals surface area contributed by atoms with Gasteiger partial charge in [-0.3, -0.25) is 0 Å². The molecule has 8 nitrogen and oxygen atoms in total. The predicted octanol–water partition coefficient (Wildman–Crippen LogP) is 2.35. The second kappa shape index (κ2) is 7.93. The van der Waals surface area contributed by atoms with Crippen LogP contribution in [0.5, 0.6) is 0 Å². The van der Waals surface area contributed by atoms with Gasteiger partial charge in [-0.15, -0.1) is 15.0 Å². The highest BCUT2D eigenvalue weighted by atomic mass is 32.2. The Bertz CT molecular complexity index is 820. The van der Waals surface area contributed by atoms with Crippen LogP contribution in [0.1, 0.15) is 46.5 Å². The number of tetrazole rings is 1. The van der Waals surface area contributed by atoms with Crippen LogP contribution in [0.2, 0.25) is 0 Å². The summed E-state index contributed by atoms with van der Waals surface area (Å²) in [6, 6.07) is 7.95. The van der Waals surface area contributed by atoms with E-state index in [0.717, 1.165) is 43.6 Å². The van der Waals surface area contributed by atoms with Crippen molar-refractivity contribution in [1.29, 1.82) is 0 Å². The molecule has 0 saturated heterocycles. The fourth-order valence-electron chi connectivity index (χ4n) is 3.14. The molecule has 1 saturated carbocycles. The summed E-state index contributed by atoms with van der Waals surface area (Å²) in [7, 11) is -3.28. The lowest BCUT2D eigenvalue weighted by Crippen LogP contribution is -2.46. The summed E-state index contributed by atoms with van der Waals surface area (Å²) in [5, 5.41) is 15.1. The first-order valence-corrected chi connectivity index (χ1v) is 10.8. The molecule has 1 aliphatic rings. The van der Waals surface area contributed by atoms with Crippen LogP contribution in [0.4, 0.5) is 5.69 Å². The van der Waals surface area contributed by atoms with Crippen molar-refractivity contribution in [3.05, 3.63) is 30.6 Å². The second-order valence-electron chi connectivity index (χ2n) is 8.10. The summed E-state index contributed by atoms with van der Waals surface area (Å²) in [6.07, 6.45) is 5.22. The van der Waals surface area contributed by atoms with E-state index in [2.05, 4.69) is 25.4 Å². The lowest BCUT2D eigenvalue weighted by molar-refractivity contribution is 0.322. The van der Waals surface area contributed by atoms with E-state index in [-0.39, 0.29) is 6.04 Å². The average molecular weight is 393 g/mol. The van der Waals surface area contributed by atoms with Crippen LogP contribution in [0.25, 0.3) is 5.69 Å². The zero-order chi connectivity index (χ0) is 19.5. The van der Waals surface area contributed by atoms with Crippen molar-refractivity contribution < 1.29 is 8.42 Å². The van der Waals surface area contributed by atoms with E-state index in [4.69, 9.17) is 0 Å². The third-order valence-electron chi connectivity index (χ3n) is 5.02. The summed E-state index contributed by atoms with van der Waals surface area (Å²) in [6.45, 7) is 6.08. The van der Waals surface area contributed by atoms with Gasteiger partial charge in [-0.05, 0) is 81.9 Å². The van der Waals surface area contributed by atoms with E-state index >= 15 is 0 Å². The highest BCUT2D eigenvalue weighted by Crippen LogP contribution is 2.26. The molecule has 0 atom stereocenters. The molecule has 9 heteroatoms. The number of aromatic nitrogens is 4. The van der Waals surface area contributed by atoms with E-state index < -0.39 is 14.8 Å². The van der Waals surface area contributed by atoms with Crippen LogP contribution >= 0.6 is 0 Å². The molecule has 1 fully saturated rings. The first kappa shape index (κ1) is 19.8. The van der Waals surface area contributed by atoms with Crippen LogP contribution in [0.3, 0.4) is 0 Å². The van der Waals surface area contributed by atoms with Gasteiger partial charge in [0.1, 0.15) is 0 Å². The van der Waals surface area contributed by atoms with Gasteiger partial charge in [0.2, 0.25) is 10.0 Å². The van der Waals surface area contributed by atoms with Crippen LogP contribution in [-0.2, 0) is 10.0 Å². The van der Waals surface area contributed by atoms with Crippen molar-refractivity contribution in [2.75, 3.05) is 11.9 Å².